The van der Waals surface area contributed by atoms with Gasteiger partial charge >= 0.3 is 0 Å². The first kappa shape index (κ1) is 9.23. The minimum atomic E-state index is -0.276. The predicted octanol–water partition coefficient (Wildman–Crippen LogP) is 1.90. The molecule has 0 fully saturated rings. The van der Waals surface area contributed by atoms with Crippen molar-refractivity contribution in [1.82, 2.24) is 0 Å². The Bertz CT molecular complexity index is 231. The molecule has 2 heteroatoms. The van der Waals surface area contributed by atoms with E-state index in [1.54, 1.807) is 0 Å². The molecule has 0 aliphatic rings. The van der Waals surface area contributed by atoms with Gasteiger partial charge in [-0.2, -0.15) is 0 Å². The van der Waals surface area contributed by atoms with Crippen molar-refractivity contribution in [3.63, 3.8) is 0 Å². The maximum atomic E-state index is 5.15. The van der Waals surface area contributed by atoms with E-state index in [1.165, 1.54) is 5.56 Å². The zero-order chi connectivity index (χ0) is 9.03. The summed E-state index contributed by atoms with van der Waals surface area (Å²) in [6, 6.07) is 10.2. The molecule has 0 aliphatic carbocycles. The molecule has 0 saturated carbocycles. The number of hydrogen-bond acceptors (Lipinski definition) is 2. The Labute approximate surface area is 73.3 Å². The van der Waals surface area contributed by atoms with Crippen LogP contribution in [0.4, 0.5) is 0 Å². The maximum absolute atomic E-state index is 5.15. The van der Waals surface area contributed by atoms with Crippen molar-refractivity contribution in [2.45, 2.75) is 25.9 Å². The highest BCUT2D eigenvalue weighted by molar-refractivity contribution is 5.16. The van der Waals surface area contributed by atoms with Gasteiger partial charge in [0, 0.05) is 6.42 Å². The lowest BCUT2D eigenvalue weighted by atomic mass is 9.99. The lowest BCUT2D eigenvalue weighted by Crippen LogP contribution is -2.30. The zero-order valence-electron chi connectivity index (χ0n) is 7.58. The van der Waals surface area contributed by atoms with Crippen LogP contribution in [-0.4, -0.2) is 5.60 Å². The van der Waals surface area contributed by atoms with Gasteiger partial charge in [0.15, 0.2) is 0 Å². The standard InChI is InChI=1S/C10H15NO/c1-10(2,12-11)8-9-6-4-3-5-7-9/h3-7H,8,11H2,1-2H3. The molecule has 0 radical (unpaired) electrons. The van der Waals surface area contributed by atoms with Crippen LogP contribution >= 0.6 is 0 Å². The molecule has 1 aromatic rings. The topological polar surface area (TPSA) is 35.2 Å². The van der Waals surface area contributed by atoms with E-state index in [0.717, 1.165) is 6.42 Å². The van der Waals surface area contributed by atoms with Crippen LogP contribution in [0.3, 0.4) is 0 Å². The number of hydrogen-bond donors (Lipinski definition) is 1. The summed E-state index contributed by atoms with van der Waals surface area (Å²) in [5.41, 5.74) is 0.967. The summed E-state index contributed by atoms with van der Waals surface area (Å²) in [7, 11) is 0. The summed E-state index contributed by atoms with van der Waals surface area (Å²) in [4.78, 5) is 4.84. The first-order valence-corrected chi connectivity index (χ1v) is 4.06. The maximum Gasteiger partial charge on any atom is 0.0878 e. The molecule has 0 bridgehead atoms. The molecule has 1 rings (SSSR count). The lowest BCUT2D eigenvalue weighted by molar-refractivity contribution is -0.0187. The third kappa shape index (κ3) is 2.64. The van der Waals surface area contributed by atoms with Gasteiger partial charge in [0.25, 0.3) is 0 Å². The Morgan fingerprint density at radius 3 is 2.33 bits per heavy atom. The molecule has 0 saturated heterocycles. The van der Waals surface area contributed by atoms with Gasteiger partial charge in [0.1, 0.15) is 0 Å². The summed E-state index contributed by atoms with van der Waals surface area (Å²) < 4.78 is 0. The first-order chi connectivity index (χ1) is 5.64. The fourth-order valence-corrected chi connectivity index (χ4v) is 1.13. The molecule has 12 heavy (non-hydrogen) atoms. The Hall–Kier alpha value is -0.860. The minimum absolute atomic E-state index is 0.276. The van der Waals surface area contributed by atoms with Gasteiger partial charge in [-0.05, 0) is 19.4 Å². The van der Waals surface area contributed by atoms with E-state index in [1.807, 2.05) is 32.0 Å². The molecule has 0 heterocycles. The highest BCUT2D eigenvalue weighted by Crippen LogP contribution is 2.14. The van der Waals surface area contributed by atoms with E-state index in [-0.39, 0.29) is 5.60 Å². The SMILES string of the molecule is CC(C)(Cc1ccccc1)ON. The fourth-order valence-electron chi connectivity index (χ4n) is 1.13. The molecule has 1 aromatic carbocycles. The van der Waals surface area contributed by atoms with Crippen LogP contribution in [0.25, 0.3) is 0 Å². The van der Waals surface area contributed by atoms with Crippen LogP contribution in [0.5, 0.6) is 0 Å². The summed E-state index contributed by atoms with van der Waals surface area (Å²) in [6.45, 7) is 3.94. The second-order valence-electron chi connectivity index (χ2n) is 3.54. The molecule has 0 atom stereocenters. The van der Waals surface area contributed by atoms with Gasteiger partial charge in [-0.3, -0.25) is 4.84 Å². The molecule has 0 unspecified atom stereocenters. The van der Waals surface area contributed by atoms with E-state index in [0.29, 0.717) is 0 Å². The molecule has 0 aromatic heterocycles. The van der Waals surface area contributed by atoms with Crippen molar-refractivity contribution in [1.29, 1.82) is 0 Å². The van der Waals surface area contributed by atoms with Crippen LogP contribution in [0.1, 0.15) is 19.4 Å². The third-order valence-electron chi connectivity index (χ3n) is 1.79. The van der Waals surface area contributed by atoms with Gasteiger partial charge in [-0.1, -0.05) is 30.3 Å². The van der Waals surface area contributed by atoms with Gasteiger partial charge in [0.2, 0.25) is 0 Å². The molecular weight excluding hydrogens is 150 g/mol. The predicted molar refractivity (Wildman–Crippen MR) is 49.5 cm³/mol. The normalized spacial score (nSPS) is 11.6. The Kier molecular flexibility index (Phi) is 2.84. The molecule has 2 N–H and O–H groups in total. The molecule has 0 spiro atoms. The zero-order valence-corrected chi connectivity index (χ0v) is 7.58. The average Bonchev–Trinajstić information content (AvgIpc) is 2.06. The van der Waals surface area contributed by atoms with Gasteiger partial charge in [0.05, 0.1) is 5.60 Å². The lowest BCUT2D eigenvalue weighted by Gasteiger charge is -2.21. The second-order valence-corrected chi connectivity index (χ2v) is 3.54. The third-order valence-corrected chi connectivity index (χ3v) is 1.79. The van der Waals surface area contributed by atoms with Crippen LogP contribution in [0, 0.1) is 0 Å². The van der Waals surface area contributed by atoms with Crippen molar-refractivity contribution in [2.24, 2.45) is 5.90 Å². The highest BCUT2D eigenvalue weighted by atomic mass is 16.6. The summed E-state index contributed by atoms with van der Waals surface area (Å²) in [5, 5.41) is 0. The van der Waals surface area contributed by atoms with Crippen molar-refractivity contribution in [3.05, 3.63) is 35.9 Å². The van der Waals surface area contributed by atoms with Crippen molar-refractivity contribution in [2.75, 3.05) is 0 Å². The van der Waals surface area contributed by atoms with Crippen molar-refractivity contribution >= 4 is 0 Å². The van der Waals surface area contributed by atoms with E-state index < -0.39 is 0 Å². The van der Waals surface area contributed by atoms with Crippen molar-refractivity contribution < 1.29 is 4.84 Å². The second kappa shape index (κ2) is 3.70. The van der Waals surface area contributed by atoms with E-state index in [9.17, 15) is 0 Å². The summed E-state index contributed by atoms with van der Waals surface area (Å²) >= 11 is 0. The van der Waals surface area contributed by atoms with E-state index in [2.05, 4.69) is 12.1 Å². The van der Waals surface area contributed by atoms with Gasteiger partial charge in [-0.15, -0.1) is 0 Å². The Morgan fingerprint density at radius 1 is 1.25 bits per heavy atom. The highest BCUT2D eigenvalue weighted by Gasteiger charge is 2.17. The van der Waals surface area contributed by atoms with Crippen LogP contribution in [0.2, 0.25) is 0 Å². The smallest absolute Gasteiger partial charge is 0.0878 e. The minimum Gasteiger partial charge on any atom is -0.298 e. The molecule has 2 nitrogen and oxygen atoms in total. The van der Waals surface area contributed by atoms with Gasteiger partial charge in [-0.25, -0.2) is 5.90 Å². The van der Waals surface area contributed by atoms with Crippen molar-refractivity contribution in [3.8, 4) is 0 Å². The number of rotatable bonds is 3. The molecule has 66 valence electrons. The fraction of sp³-hybridized carbons (Fsp3) is 0.400. The largest absolute Gasteiger partial charge is 0.298 e. The van der Waals surface area contributed by atoms with Crippen LogP contribution in [-0.2, 0) is 11.3 Å². The monoisotopic (exact) mass is 165 g/mol. The van der Waals surface area contributed by atoms with Gasteiger partial charge < -0.3 is 0 Å². The molecule has 0 aliphatic heterocycles. The van der Waals surface area contributed by atoms with Crippen LogP contribution in [0.15, 0.2) is 30.3 Å². The Balaban J connectivity index is 2.64. The number of nitrogens with two attached hydrogens (primary N) is 1. The van der Waals surface area contributed by atoms with Crippen LogP contribution < -0.4 is 5.90 Å². The quantitative estimate of drug-likeness (QED) is 0.694. The average molecular weight is 165 g/mol. The summed E-state index contributed by atoms with van der Waals surface area (Å²) in [6.07, 6.45) is 0.838. The molecule has 0 amide bonds. The number of benzene rings is 1. The van der Waals surface area contributed by atoms with E-state index >= 15 is 0 Å². The Morgan fingerprint density at radius 2 is 1.83 bits per heavy atom. The van der Waals surface area contributed by atoms with E-state index in [4.69, 9.17) is 10.7 Å². The summed E-state index contributed by atoms with van der Waals surface area (Å²) in [5.74, 6) is 5.15. The molecular formula is C10H15NO. The first-order valence-electron chi connectivity index (χ1n) is 4.06.